The number of halogens is 1. The molecule has 0 unspecified atom stereocenters. The lowest BCUT2D eigenvalue weighted by Gasteiger charge is -2.27. The minimum absolute atomic E-state index is 0.0194. The minimum Gasteiger partial charge on any atom is -0.502 e. The smallest absolute Gasteiger partial charge is 0.290 e. The second-order valence-corrected chi connectivity index (χ2v) is 10.0. The summed E-state index contributed by atoms with van der Waals surface area (Å²) in [5.41, 5.74) is 1.86. The lowest BCUT2D eigenvalue weighted by molar-refractivity contribution is -0.130. The molecule has 0 saturated carbocycles. The van der Waals surface area contributed by atoms with Gasteiger partial charge in [0.1, 0.15) is 10.7 Å². The van der Waals surface area contributed by atoms with Crippen molar-refractivity contribution in [2.24, 2.45) is 0 Å². The molecule has 1 atom stereocenters. The van der Waals surface area contributed by atoms with Crippen LogP contribution in [0.25, 0.3) is 0 Å². The summed E-state index contributed by atoms with van der Waals surface area (Å²) in [5.74, 6) is -1.12. The first-order valence-electron chi connectivity index (χ1n) is 10.5. The van der Waals surface area contributed by atoms with Crippen molar-refractivity contribution in [2.45, 2.75) is 24.4 Å². The van der Waals surface area contributed by atoms with Crippen LogP contribution in [0.3, 0.4) is 0 Å². The van der Waals surface area contributed by atoms with Crippen molar-refractivity contribution in [1.29, 1.82) is 0 Å². The van der Waals surface area contributed by atoms with E-state index in [-0.39, 0.29) is 18.2 Å². The number of fused-ring (bicyclic) bond motifs is 1. The predicted molar refractivity (Wildman–Crippen MR) is 120 cm³/mol. The Kier molecular flexibility index (Phi) is 5.28. The number of carbonyl (C=O) groups excluding carboxylic acids is 1. The van der Waals surface area contributed by atoms with Gasteiger partial charge < -0.3 is 19.5 Å². The van der Waals surface area contributed by atoms with E-state index in [1.54, 1.807) is 30.3 Å². The normalized spacial score (nSPS) is 17.5. The maximum absolute atomic E-state index is 13.6. The first-order chi connectivity index (χ1) is 16.3. The molecule has 174 valence electrons. The molecule has 0 aromatic heterocycles. The molecule has 2 heterocycles. The van der Waals surface area contributed by atoms with Crippen LogP contribution < -0.4 is 9.47 Å². The summed E-state index contributed by atoms with van der Waals surface area (Å²) in [6.45, 7) is 1.88. The molecule has 0 aliphatic carbocycles. The maximum Gasteiger partial charge on any atom is 0.290 e. The van der Waals surface area contributed by atoms with Crippen LogP contribution in [-0.4, -0.2) is 31.1 Å². The van der Waals surface area contributed by atoms with E-state index in [1.165, 1.54) is 41.3 Å². The highest BCUT2D eigenvalue weighted by Crippen LogP contribution is 2.44. The van der Waals surface area contributed by atoms with E-state index >= 15 is 0 Å². The fourth-order valence-electron chi connectivity index (χ4n) is 4.12. The first kappa shape index (κ1) is 22.0. The number of hydrogen-bond acceptors (Lipinski definition) is 6. The Morgan fingerprint density at radius 1 is 1.00 bits per heavy atom. The third-order valence-corrected chi connectivity index (χ3v) is 7.74. The van der Waals surface area contributed by atoms with Gasteiger partial charge in [-0.25, -0.2) is 12.8 Å². The van der Waals surface area contributed by atoms with Gasteiger partial charge in [0, 0.05) is 6.54 Å². The van der Waals surface area contributed by atoms with E-state index in [0.29, 0.717) is 22.6 Å². The molecule has 1 amide bonds. The quantitative estimate of drug-likeness (QED) is 0.588. The molecule has 0 saturated heterocycles. The van der Waals surface area contributed by atoms with Crippen LogP contribution >= 0.6 is 0 Å². The number of aliphatic hydroxyl groups is 1. The van der Waals surface area contributed by atoms with Crippen LogP contribution in [0, 0.1) is 12.7 Å². The highest BCUT2D eigenvalue weighted by atomic mass is 32.2. The third kappa shape index (κ3) is 3.67. The molecule has 0 spiro atoms. The van der Waals surface area contributed by atoms with Gasteiger partial charge in [0.15, 0.2) is 17.3 Å². The monoisotopic (exact) mass is 481 g/mol. The summed E-state index contributed by atoms with van der Waals surface area (Å²) in [6.07, 6.45) is 0. The third-order valence-electron chi connectivity index (χ3n) is 5.85. The highest BCUT2D eigenvalue weighted by Gasteiger charge is 2.46. The highest BCUT2D eigenvalue weighted by molar-refractivity contribution is 7.95. The van der Waals surface area contributed by atoms with Gasteiger partial charge in [-0.2, -0.15) is 0 Å². The number of hydrogen-bond donors (Lipinski definition) is 1. The van der Waals surface area contributed by atoms with Gasteiger partial charge in [-0.15, -0.1) is 0 Å². The van der Waals surface area contributed by atoms with Gasteiger partial charge in [0.05, 0.1) is 10.9 Å². The molecule has 3 aromatic rings. The number of rotatable bonds is 5. The zero-order valence-electron chi connectivity index (χ0n) is 18.1. The Hall–Kier alpha value is -3.85. The van der Waals surface area contributed by atoms with E-state index in [9.17, 15) is 22.7 Å². The molecule has 0 fully saturated rings. The van der Waals surface area contributed by atoms with Crippen molar-refractivity contribution in [1.82, 2.24) is 4.90 Å². The summed E-state index contributed by atoms with van der Waals surface area (Å²) in [7, 11) is -4.25. The Labute approximate surface area is 195 Å². The van der Waals surface area contributed by atoms with Gasteiger partial charge in [-0.1, -0.05) is 35.9 Å². The molecule has 34 heavy (non-hydrogen) atoms. The van der Waals surface area contributed by atoms with Crippen molar-refractivity contribution in [3.8, 4) is 11.5 Å². The summed E-state index contributed by atoms with van der Waals surface area (Å²) in [4.78, 5) is 13.9. The molecule has 0 radical (unpaired) electrons. The summed E-state index contributed by atoms with van der Waals surface area (Å²) in [5, 5.41) is 10.8. The molecule has 0 bridgehead atoms. The Balaban J connectivity index is 1.60. The Morgan fingerprint density at radius 3 is 2.38 bits per heavy atom. The zero-order valence-corrected chi connectivity index (χ0v) is 18.9. The van der Waals surface area contributed by atoms with Gasteiger partial charge >= 0.3 is 0 Å². The molecular weight excluding hydrogens is 461 g/mol. The fraction of sp³-hybridized carbons (Fsp3) is 0.160. The van der Waals surface area contributed by atoms with Crippen molar-refractivity contribution >= 4 is 15.7 Å². The molecule has 9 heteroatoms. The number of sulfone groups is 1. The molecule has 2 aliphatic heterocycles. The number of aliphatic hydroxyl groups excluding tert-OH is 1. The Morgan fingerprint density at radius 2 is 1.68 bits per heavy atom. The van der Waals surface area contributed by atoms with Gasteiger partial charge in [0.2, 0.25) is 16.6 Å². The van der Waals surface area contributed by atoms with E-state index in [2.05, 4.69) is 0 Å². The first-order valence-corrected chi connectivity index (χ1v) is 11.9. The van der Waals surface area contributed by atoms with E-state index in [4.69, 9.17) is 9.47 Å². The van der Waals surface area contributed by atoms with Gasteiger partial charge in [-0.3, -0.25) is 4.79 Å². The maximum atomic E-state index is 13.6. The van der Waals surface area contributed by atoms with E-state index in [1.807, 2.05) is 6.92 Å². The number of carbonyl (C=O) groups is 1. The van der Waals surface area contributed by atoms with E-state index < -0.39 is 38.3 Å². The lowest BCUT2D eigenvalue weighted by atomic mass is 10.1. The summed E-state index contributed by atoms with van der Waals surface area (Å²) in [6, 6.07) is 15.3. The van der Waals surface area contributed by atoms with Gasteiger partial charge in [-0.05, 0) is 54.4 Å². The number of aryl methyl sites for hydroxylation is 1. The van der Waals surface area contributed by atoms with Crippen LogP contribution in [0.4, 0.5) is 4.39 Å². The summed E-state index contributed by atoms with van der Waals surface area (Å²) >= 11 is 0. The van der Waals surface area contributed by atoms with Crippen molar-refractivity contribution < 1.29 is 32.2 Å². The molecule has 2 aliphatic rings. The molecule has 7 nitrogen and oxygen atoms in total. The number of nitrogens with zero attached hydrogens (tertiary/aromatic N) is 1. The standard InChI is InChI=1S/C25H20FNO6S/c1-15-2-9-19(10-3-15)34(30,31)24-22(17-5-7-18(26)8-6-17)27(25(29)23(24)28)13-16-4-11-20-21(12-16)33-14-32-20/h2-12,22,28H,13-14H2,1H3/t22-/m1/s1. The average Bonchev–Trinajstić information content (AvgIpc) is 3.38. The number of benzene rings is 3. The second-order valence-electron chi connectivity index (χ2n) is 8.10. The van der Waals surface area contributed by atoms with Crippen LogP contribution in [0.5, 0.6) is 11.5 Å². The zero-order chi connectivity index (χ0) is 24.0. The number of ether oxygens (including phenoxy) is 2. The van der Waals surface area contributed by atoms with Crippen molar-refractivity contribution in [3.05, 3.63) is 99.9 Å². The lowest BCUT2D eigenvalue weighted by Crippen LogP contribution is -2.30. The van der Waals surface area contributed by atoms with Crippen LogP contribution in [0.1, 0.15) is 22.7 Å². The molecule has 3 aromatic carbocycles. The second kappa shape index (κ2) is 8.18. The van der Waals surface area contributed by atoms with Crippen molar-refractivity contribution in [3.63, 3.8) is 0 Å². The van der Waals surface area contributed by atoms with E-state index in [0.717, 1.165) is 5.56 Å². The fourth-order valence-corrected chi connectivity index (χ4v) is 5.77. The average molecular weight is 482 g/mol. The minimum atomic E-state index is -4.25. The van der Waals surface area contributed by atoms with Crippen LogP contribution in [0.15, 0.2) is 82.3 Å². The summed E-state index contributed by atoms with van der Waals surface area (Å²) < 4.78 is 51.6. The predicted octanol–water partition coefficient (Wildman–Crippen LogP) is 4.19. The topological polar surface area (TPSA) is 93.1 Å². The van der Waals surface area contributed by atoms with Crippen LogP contribution in [0.2, 0.25) is 0 Å². The molecule has 1 N–H and O–H groups in total. The van der Waals surface area contributed by atoms with Crippen molar-refractivity contribution in [2.75, 3.05) is 6.79 Å². The van der Waals surface area contributed by atoms with Gasteiger partial charge in [0.25, 0.3) is 5.91 Å². The molecular formula is C25H20FNO6S. The number of amides is 1. The SMILES string of the molecule is Cc1ccc(S(=O)(=O)C2=C(O)C(=O)N(Cc3ccc4c(c3)OCO4)[C@@H]2c2ccc(F)cc2)cc1. The molecule has 5 rings (SSSR count). The largest absolute Gasteiger partial charge is 0.502 e. The van der Waals surface area contributed by atoms with Crippen LogP contribution in [-0.2, 0) is 21.2 Å². The Bertz CT molecular complexity index is 1410.